The lowest BCUT2D eigenvalue weighted by Crippen LogP contribution is -2.35. The molecule has 2 aromatic carbocycles. The van der Waals surface area contributed by atoms with Crippen LogP contribution in [0.5, 0.6) is 0 Å². The summed E-state index contributed by atoms with van der Waals surface area (Å²) < 4.78 is 15.5. The Morgan fingerprint density at radius 2 is 1.94 bits per heavy atom. The minimum absolute atomic E-state index is 0.128. The third-order valence-electron chi connectivity index (χ3n) is 5.58. The molecule has 5 rings (SSSR count). The Balaban J connectivity index is 1.66. The Bertz CT molecular complexity index is 1350. The zero-order valence-corrected chi connectivity index (χ0v) is 17.8. The number of rotatable bonds is 3. The molecule has 0 bridgehead atoms. The third-order valence-corrected chi connectivity index (χ3v) is 6.34. The van der Waals surface area contributed by atoms with Crippen LogP contribution in [0.15, 0.2) is 64.6 Å². The molecule has 2 aliphatic rings. The monoisotopic (exact) mass is 430 g/mol. The molecule has 0 saturated heterocycles. The van der Waals surface area contributed by atoms with Gasteiger partial charge in [0.2, 0.25) is 0 Å². The molecule has 7 heteroatoms. The molecular weight excluding hydrogens is 411 g/mol. The summed E-state index contributed by atoms with van der Waals surface area (Å²) in [6, 6.07) is 12.7. The maximum absolute atomic E-state index is 13.3. The van der Waals surface area contributed by atoms with Gasteiger partial charge in [0, 0.05) is 34.9 Å². The van der Waals surface area contributed by atoms with Crippen LogP contribution in [-0.4, -0.2) is 26.4 Å². The number of aryl methyl sites for hydroxylation is 1. The lowest BCUT2D eigenvalue weighted by Gasteiger charge is -2.22. The molecule has 0 aliphatic carbocycles. The Labute approximate surface area is 183 Å². The van der Waals surface area contributed by atoms with Gasteiger partial charge in [-0.25, -0.2) is 4.39 Å². The first-order valence-corrected chi connectivity index (χ1v) is 10.7. The average Bonchev–Trinajstić information content (AvgIpc) is 3.30. The van der Waals surface area contributed by atoms with E-state index in [2.05, 4.69) is 27.8 Å². The first kappa shape index (κ1) is 19.5. The molecule has 1 aromatic heterocycles. The van der Waals surface area contributed by atoms with E-state index >= 15 is 0 Å². The van der Waals surface area contributed by atoms with Gasteiger partial charge in [-0.1, -0.05) is 35.5 Å². The molecule has 0 unspecified atom stereocenters. The van der Waals surface area contributed by atoms with Crippen LogP contribution >= 0.6 is 11.8 Å². The number of halogens is 1. The van der Waals surface area contributed by atoms with E-state index in [-0.39, 0.29) is 17.2 Å². The van der Waals surface area contributed by atoms with Gasteiger partial charge in [0.1, 0.15) is 11.7 Å². The van der Waals surface area contributed by atoms with Crippen LogP contribution < -0.4 is 0 Å². The number of nitrogens with one attached hydrogen (secondary N) is 1. The summed E-state index contributed by atoms with van der Waals surface area (Å²) in [7, 11) is 0. The Hall–Kier alpha value is -3.45. The number of amidine groups is 2. The molecule has 5 nitrogen and oxygen atoms in total. The number of hydrogen-bond acceptors (Lipinski definition) is 3. The summed E-state index contributed by atoms with van der Waals surface area (Å²) in [4.78, 5) is 18.4. The van der Waals surface area contributed by atoms with Crippen molar-refractivity contribution >= 4 is 45.7 Å². The molecule has 3 aromatic rings. The number of aromatic nitrogens is 1. The van der Waals surface area contributed by atoms with Gasteiger partial charge < -0.3 is 4.57 Å². The summed E-state index contributed by atoms with van der Waals surface area (Å²) in [6.07, 6.45) is 3.53. The van der Waals surface area contributed by atoms with Gasteiger partial charge >= 0.3 is 0 Å². The van der Waals surface area contributed by atoms with E-state index in [4.69, 9.17) is 5.41 Å². The van der Waals surface area contributed by atoms with Crippen molar-refractivity contribution in [1.29, 1.82) is 5.41 Å². The highest BCUT2D eigenvalue weighted by Crippen LogP contribution is 2.32. The SMILES string of the molecule is Cc1ccc2c(c1)c(/C=C1/C(=N)N3C=CSC3=NC1=O)c(C)n2Cc1ccc(F)cc1. The zero-order valence-electron chi connectivity index (χ0n) is 17.0. The van der Waals surface area contributed by atoms with Crippen molar-refractivity contribution in [2.75, 3.05) is 0 Å². The Kier molecular flexibility index (Phi) is 4.63. The fourth-order valence-electron chi connectivity index (χ4n) is 3.96. The fourth-order valence-corrected chi connectivity index (χ4v) is 4.66. The lowest BCUT2D eigenvalue weighted by atomic mass is 10.0. The van der Waals surface area contributed by atoms with E-state index in [0.29, 0.717) is 11.7 Å². The summed E-state index contributed by atoms with van der Waals surface area (Å²) >= 11 is 1.33. The minimum Gasteiger partial charge on any atom is -0.340 e. The molecule has 1 N–H and O–H groups in total. The molecule has 154 valence electrons. The average molecular weight is 431 g/mol. The molecule has 1 amide bonds. The van der Waals surface area contributed by atoms with Crippen molar-refractivity contribution in [2.24, 2.45) is 4.99 Å². The molecule has 2 aliphatic heterocycles. The molecule has 0 spiro atoms. The molecule has 0 radical (unpaired) electrons. The Morgan fingerprint density at radius 3 is 2.71 bits per heavy atom. The number of carbonyl (C=O) groups excluding carboxylic acids is 1. The number of aliphatic imine (C=N–C) groups is 1. The maximum Gasteiger partial charge on any atom is 0.283 e. The molecular formula is C24H19FN4OS. The van der Waals surface area contributed by atoms with Crippen LogP contribution in [0.4, 0.5) is 4.39 Å². The molecule has 0 saturated carbocycles. The van der Waals surface area contributed by atoms with Gasteiger partial charge in [0.25, 0.3) is 5.91 Å². The Morgan fingerprint density at radius 1 is 1.16 bits per heavy atom. The van der Waals surface area contributed by atoms with Crippen molar-refractivity contribution in [3.63, 3.8) is 0 Å². The smallest absolute Gasteiger partial charge is 0.283 e. The number of nitrogens with zero attached hydrogens (tertiary/aromatic N) is 3. The van der Waals surface area contributed by atoms with Gasteiger partial charge in [0.05, 0.1) is 5.57 Å². The van der Waals surface area contributed by atoms with Crippen molar-refractivity contribution in [3.05, 3.63) is 87.8 Å². The summed E-state index contributed by atoms with van der Waals surface area (Å²) in [6.45, 7) is 4.61. The second-order valence-electron chi connectivity index (χ2n) is 7.61. The number of fused-ring (bicyclic) bond motifs is 2. The molecule has 3 heterocycles. The van der Waals surface area contributed by atoms with Crippen molar-refractivity contribution < 1.29 is 9.18 Å². The summed E-state index contributed by atoms with van der Waals surface area (Å²) in [5.74, 6) is -0.538. The highest BCUT2D eigenvalue weighted by molar-refractivity contribution is 8.16. The molecule has 0 fully saturated rings. The van der Waals surface area contributed by atoms with Crippen LogP contribution in [0.3, 0.4) is 0 Å². The number of carbonyl (C=O) groups is 1. The lowest BCUT2D eigenvalue weighted by molar-refractivity contribution is -0.114. The van der Waals surface area contributed by atoms with Crippen LogP contribution in [0.2, 0.25) is 0 Å². The van der Waals surface area contributed by atoms with E-state index in [0.717, 1.165) is 33.3 Å². The fraction of sp³-hybridized carbons (Fsp3) is 0.125. The second kappa shape index (κ2) is 7.35. The second-order valence-corrected chi connectivity index (χ2v) is 8.48. The van der Waals surface area contributed by atoms with Gasteiger partial charge in [-0.15, -0.1) is 0 Å². The quantitative estimate of drug-likeness (QED) is 0.580. The van der Waals surface area contributed by atoms with Gasteiger partial charge in [-0.2, -0.15) is 4.99 Å². The van der Waals surface area contributed by atoms with Crippen LogP contribution in [0.1, 0.15) is 22.4 Å². The zero-order chi connectivity index (χ0) is 21.7. The first-order chi connectivity index (χ1) is 14.9. The summed E-state index contributed by atoms with van der Waals surface area (Å²) in [5.41, 5.74) is 5.24. The number of thioether (sulfide) groups is 1. The molecule has 0 atom stereocenters. The number of benzene rings is 2. The predicted octanol–water partition coefficient (Wildman–Crippen LogP) is 5.22. The number of hydrogen-bond donors (Lipinski definition) is 1. The van der Waals surface area contributed by atoms with Crippen molar-refractivity contribution in [3.8, 4) is 0 Å². The minimum atomic E-state index is -0.404. The molecule has 31 heavy (non-hydrogen) atoms. The summed E-state index contributed by atoms with van der Waals surface area (Å²) in [5, 5.41) is 11.9. The third kappa shape index (κ3) is 3.31. The van der Waals surface area contributed by atoms with Crippen LogP contribution in [-0.2, 0) is 11.3 Å². The van der Waals surface area contributed by atoms with Gasteiger partial charge in [0.15, 0.2) is 5.17 Å². The maximum atomic E-state index is 13.3. The van der Waals surface area contributed by atoms with Crippen LogP contribution in [0, 0.1) is 25.1 Å². The predicted molar refractivity (Wildman–Crippen MR) is 124 cm³/mol. The van der Waals surface area contributed by atoms with Crippen molar-refractivity contribution in [2.45, 2.75) is 20.4 Å². The van der Waals surface area contributed by atoms with E-state index in [1.165, 1.54) is 23.9 Å². The first-order valence-electron chi connectivity index (χ1n) is 9.82. The van der Waals surface area contributed by atoms with Gasteiger partial charge in [-0.3, -0.25) is 15.1 Å². The van der Waals surface area contributed by atoms with E-state index in [9.17, 15) is 9.18 Å². The standard InChI is InChI=1S/C24H19FN4OS/c1-14-3-8-21-19(11-14)18(15(2)29(21)13-16-4-6-17(25)7-5-16)12-20-22(26)28-9-10-31-24(28)27-23(20)30/h3-12,26H,13H2,1-2H3/b20-12-,26-22?. The normalized spacial score (nSPS) is 17.1. The van der Waals surface area contributed by atoms with Crippen LogP contribution in [0.25, 0.3) is 17.0 Å². The largest absolute Gasteiger partial charge is 0.340 e. The van der Waals surface area contributed by atoms with Gasteiger partial charge in [-0.05, 0) is 55.2 Å². The number of amides is 1. The topological polar surface area (TPSA) is 61.5 Å². The van der Waals surface area contributed by atoms with E-state index in [1.54, 1.807) is 29.3 Å². The van der Waals surface area contributed by atoms with Crippen molar-refractivity contribution in [1.82, 2.24) is 9.47 Å². The van der Waals surface area contributed by atoms with E-state index < -0.39 is 5.91 Å². The highest BCUT2D eigenvalue weighted by atomic mass is 32.2. The highest BCUT2D eigenvalue weighted by Gasteiger charge is 2.31. The van der Waals surface area contributed by atoms with E-state index in [1.807, 2.05) is 19.3 Å².